The van der Waals surface area contributed by atoms with Gasteiger partial charge >= 0.3 is 5.63 Å². The lowest BCUT2D eigenvalue weighted by molar-refractivity contribution is -0.118. The molecule has 0 bridgehead atoms. The number of hydrogen-bond donors (Lipinski definition) is 1. The van der Waals surface area contributed by atoms with Gasteiger partial charge in [0.25, 0.3) is 5.91 Å². The quantitative estimate of drug-likeness (QED) is 0.671. The van der Waals surface area contributed by atoms with Crippen LogP contribution >= 0.6 is 11.3 Å². The Morgan fingerprint density at radius 1 is 1.37 bits per heavy atom. The van der Waals surface area contributed by atoms with Crippen molar-refractivity contribution in [1.29, 1.82) is 0 Å². The summed E-state index contributed by atoms with van der Waals surface area (Å²) in [5.41, 5.74) is 0.820. The Hall–Kier alpha value is -2.78. The van der Waals surface area contributed by atoms with Crippen molar-refractivity contribution in [1.82, 2.24) is 10.2 Å². The van der Waals surface area contributed by atoms with Gasteiger partial charge in [-0.25, -0.2) is 4.79 Å². The number of aryl methyl sites for hydroxylation is 1. The van der Waals surface area contributed by atoms with E-state index in [4.69, 9.17) is 13.9 Å². The molecule has 1 fully saturated rings. The molecule has 1 saturated heterocycles. The van der Waals surface area contributed by atoms with Crippen molar-refractivity contribution in [3.05, 3.63) is 45.3 Å². The number of carbonyl (C=O) groups is 1. The summed E-state index contributed by atoms with van der Waals surface area (Å²) in [6.07, 6.45) is 1.90. The van der Waals surface area contributed by atoms with E-state index in [-0.39, 0.29) is 18.6 Å². The van der Waals surface area contributed by atoms with E-state index in [0.29, 0.717) is 16.5 Å². The van der Waals surface area contributed by atoms with Crippen LogP contribution in [0.3, 0.4) is 0 Å². The predicted molar refractivity (Wildman–Crippen MR) is 99.2 cm³/mol. The van der Waals surface area contributed by atoms with Gasteiger partial charge in [0.15, 0.2) is 6.61 Å². The second-order valence-electron chi connectivity index (χ2n) is 6.19. The minimum Gasteiger partial charge on any atom is -0.484 e. The van der Waals surface area contributed by atoms with Crippen LogP contribution in [0, 0.1) is 6.92 Å². The number of ether oxygens (including phenoxy) is 2. The summed E-state index contributed by atoms with van der Waals surface area (Å²) < 4.78 is 16.2. The summed E-state index contributed by atoms with van der Waals surface area (Å²) in [5.74, 6) is 0.0829. The molecule has 27 heavy (non-hydrogen) atoms. The normalized spacial score (nSPS) is 16.6. The number of hydrogen-bond acceptors (Lipinski definition) is 8. The number of nitrogens with zero attached hydrogens (tertiary/aromatic N) is 2. The second kappa shape index (κ2) is 7.45. The van der Waals surface area contributed by atoms with Crippen LogP contribution in [0.1, 0.15) is 29.5 Å². The summed E-state index contributed by atoms with van der Waals surface area (Å²) in [7, 11) is 0. The lowest BCUT2D eigenvalue weighted by atomic mass is 10.1. The fourth-order valence-corrected chi connectivity index (χ4v) is 3.73. The first-order valence-electron chi connectivity index (χ1n) is 8.50. The van der Waals surface area contributed by atoms with Gasteiger partial charge in [0, 0.05) is 24.1 Å². The van der Waals surface area contributed by atoms with Gasteiger partial charge in [-0.15, -0.1) is 10.2 Å². The molecule has 9 heteroatoms. The van der Waals surface area contributed by atoms with Crippen LogP contribution in [-0.4, -0.2) is 29.3 Å². The number of benzene rings is 1. The molecule has 1 aliphatic rings. The Morgan fingerprint density at radius 3 is 3.07 bits per heavy atom. The number of nitrogens with one attached hydrogen (secondary N) is 1. The van der Waals surface area contributed by atoms with Gasteiger partial charge in [0.05, 0.1) is 0 Å². The van der Waals surface area contributed by atoms with Crippen molar-refractivity contribution in [2.45, 2.75) is 25.9 Å². The molecule has 0 saturated carbocycles. The Balaban J connectivity index is 1.37. The molecule has 140 valence electrons. The molecule has 0 aliphatic carbocycles. The molecule has 0 radical (unpaired) electrons. The van der Waals surface area contributed by atoms with Gasteiger partial charge in [0.1, 0.15) is 22.4 Å². The number of carbonyl (C=O) groups excluding carboxylic acids is 1. The van der Waals surface area contributed by atoms with E-state index in [9.17, 15) is 9.59 Å². The lowest BCUT2D eigenvalue weighted by Gasteiger charge is -2.07. The summed E-state index contributed by atoms with van der Waals surface area (Å²) >= 11 is 1.30. The fourth-order valence-electron chi connectivity index (χ4n) is 2.89. The van der Waals surface area contributed by atoms with Gasteiger partial charge in [-0.05, 0) is 37.5 Å². The van der Waals surface area contributed by atoms with Crippen molar-refractivity contribution in [2.24, 2.45) is 0 Å². The summed E-state index contributed by atoms with van der Waals surface area (Å²) in [4.78, 5) is 23.6. The second-order valence-corrected chi connectivity index (χ2v) is 7.20. The van der Waals surface area contributed by atoms with E-state index in [2.05, 4.69) is 15.5 Å². The number of fused-ring (bicyclic) bond motifs is 1. The highest BCUT2D eigenvalue weighted by molar-refractivity contribution is 7.15. The van der Waals surface area contributed by atoms with Gasteiger partial charge in [-0.3, -0.25) is 10.1 Å². The van der Waals surface area contributed by atoms with Crippen LogP contribution in [0.15, 0.2) is 33.5 Å². The first-order chi connectivity index (χ1) is 13.1. The van der Waals surface area contributed by atoms with Crippen molar-refractivity contribution >= 4 is 33.3 Å². The highest BCUT2D eigenvalue weighted by Crippen LogP contribution is 2.31. The summed E-state index contributed by atoms with van der Waals surface area (Å²) in [6.45, 7) is 2.36. The lowest BCUT2D eigenvalue weighted by Crippen LogP contribution is -2.20. The maximum Gasteiger partial charge on any atom is 0.336 e. The van der Waals surface area contributed by atoms with E-state index in [1.165, 1.54) is 17.4 Å². The SMILES string of the molecule is Cc1cc(=O)oc2cc(OCC(=O)Nc3nnc([C@@H]4CCCO4)s3)ccc12. The molecule has 8 nitrogen and oxygen atoms in total. The fraction of sp³-hybridized carbons (Fsp3) is 0.333. The average molecular weight is 387 g/mol. The van der Waals surface area contributed by atoms with Crippen molar-refractivity contribution in [3.63, 3.8) is 0 Å². The maximum atomic E-state index is 12.1. The van der Waals surface area contributed by atoms with Gasteiger partial charge in [-0.2, -0.15) is 0 Å². The van der Waals surface area contributed by atoms with Gasteiger partial charge < -0.3 is 13.9 Å². The van der Waals surface area contributed by atoms with E-state index >= 15 is 0 Å². The third-order valence-electron chi connectivity index (χ3n) is 4.18. The third-order valence-corrected chi connectivity index (χ3v) is 5.12. The average Bonchev–Trinajstić information content (AvgIpc) is 3.31. The largest absolute Gasteiger partial charge is 0.484 e. The molecular weight excluding hydrogens is 370 g/mol. The Bertz CT molecular complexity index is 1040. The zero-order valence-electron chi connectivity index (χ0n) is 14.6. The standard InChI is InChI=1S/C18H17N3O5S/c1-10-7-16(23)26-14-8-11(4-5-12(10)14)25-9-15(22)19-18-21-20-17(27-18)13-3-2-6-24-13/h4-5,7-8,13H,2-3,6,9H2,1H3,(H,19,21,22)/t13-/m0/s1. The van der Waals surface area contributed by atoms with Gasteiger partial charge in [0.2, 0.25) is 5.13 Å². The first-order valence-corrected chi connectivity index (χ1v) is 9.32. The molecule has 2 aromatic heterocycles. The predicted octanol–water partition coefficient (Wildman–Crippen LogP) is 2.82. The summed E-state index contributed by atoms with van der Waals surface area (Å²) in [5, 5.41) is 12.7. The molecule has 1 aliphatic heterocycles. The van der Waals surface area contributed by atoms with Crippen molar-refractivity contribution in [3.8, 4) is 5.75 Å². The number of amides is 1. The molecule has 4 rings (SSSR count). The Kier molecular flexibility index (Phi) is 4.87. The minimum atomic E-state index is -0.423. The van der Waals surface area contributed by atoms with Crippen molar-refractivity contribution < 1.29 is 18.7 Å². The third kappa shape index (κ3) is 3.99. The van der Waals surface area contributed by atoms with Crippen LogP contribution in [0.5, 0.6) is 5.75 Å². The molecule has 3 aromatic rings. The Labute approximate surface area is 158 Å². The molecule has 3 heterocycles. The zero-order chi connectivity index (χ0) is 18.8. The summed E-state index contributed by atoms with van der Waals surface area (Å²) in [6, 6.07) is 6.54. The van der Waals surface area contributed by atoms with Crippen LogP contribution < -0.4 is 15.7 Å². The molecule has 0 spiro atoms. The Morgan fingerprint density at radius 2 is 2.26 bits per heavy atom. The molecule has 0 unspecified atom stereocenters. The molecule has 1 amide bonds. The van der Waals surface area contributed by atoms with E-state index in [1.54, 1.807) is 18.2 Å². The highest BCUT2D eigenvalue weighted by atomic mass is 32.1. The van der Waals surface area contributed by atoms with Crippen LogP contribution in [-0.2, 0) is 9.53 Å². The first kappa shape index (κ1) is 17.6. The maximum absolute atomic E-state index is 12.1. The smallest absolute Gasteiger partial charge is 0.336 e. The monoisotopic (exact) mass is 387 g/mol. The van der Waals surface area contributed by atoms with E-state index in [1.807, 2.05) is 6.92 Å². The van der Waals surface area contributed by atoms with Crippen LogP contribution in [0.4, 0.5) is 5.13 Å². The number of aromatic nitrogens is 2. The van der Waals surface area contributed by atoms with Crippen LogP contribution in [0.25, 0.3) is 11.0 Å². The number of rotatable bonds is 5. The number of anilines is 1. The minimum absolute atomic E-state index is 0.0277. The molecule has 1 N–H and O–H groups in total. The zero-order valence-corrected chi connectivity index (χ0v) is 15.4. The molecule has 1 atom stereocenters. The van der Waals surface area contributed by atoms with E-state index < -0.39 is 5.63 Å². The molecular formula is C18H17N3O5S. The van der Waals surface area contributed by atoms with Crippen LogP contribution in [0.2, 0.25) is 0 Å². The highest BCUT2D eigenvalue weighted by Gasteiger charge is 2.22. The van der Waals surface area contributed by atoms with E-state index in [0.717, 1.165) is 35.4 Å². The topological polar surface area (TPSA) is 104 Å². The van der Waals surface area contributed by atoms with Crippen molar-refractivity contribution in [2.75, 3.05) is 18.5 Å². The van der Waals surface area contributed by atoms with Gasteiger partial charge in [-0.1, -0.05) is 11.3 Å². The molecule has 1 aromatic carbocycles.